The maximum atomic E-state index is 13.7. The lowest BCUT2D eigenvalue weighted by Gasteiger charge is -2.06. The van der Waals surface area contributed by atoms with Crippen molar-refractivity contribution in [1.29, 1.82) is 0 Å². The molecule has 0 spiro atoms. The second kappa shape index (κ2) is 6.06. The lowest BCUT2D eigenvalue weighted by atomic mass is 10.2. The molecular weight excluding hydrogens is 316 g/mol. The van der Waals surface area contributed by atoms with Crippen molar-refractivity contribution in [1.82, 2.24) is 9.36 Å². The van der Waals surface area contributed by atoms with Crippen LogP contribution in [0.15, 0.2) is 17.0 Å². The van der Waals surface area contributed by atoms with Gasteiger partial charge in [-0.25, -0.2) is 9.37 Å². The van der Waals surface area contributed by atoms with Crippen LogP contribution in [0.25, 0.3) is 0 Å². The predicted molar refractivity (Wildman–Crippen MR) is 75.1 cm³/mol. The van der Waals surface area contributed by atoms with E-state index in [1.165, 1.54) is 17.6 Å². The number of hydrogen-bond donors (Lipinski definition) is 1. The van der Waals surface area contributed by atoms with Gasteiger partial charge >= 0.3 is 0 Å². The molecule has 0 aliphatic heterocycles. The van der Waals surface area contributed by atoms with E-state index >= 15 is 0 Å². The number of nitrogens with one attached hydrogen (secondary N) is 1. The fourth-order valence-electron chi connectivity index (χ4n) is 1.19. The molecule has 2 aromatic rings. The first-order chi connectivity index (χ1) is 8.60. The van der Waals surface area contributed by atoms with E-state index in [2.05, 4.69) is 14.1 Å². The Morgan fingerprint density at radius 3 is 2.89 bits per heavy atom. The maximum Gasteiger partial charge on any atom is 0.212 e. The molecule has 0 fully saturated rings. The van der Waals surface area contributed by atoms with Gasteiger partial charge in [0.15, 0.2) is 0 Å². The van der Waals surface area contributed by atoms with Crippen LogP contribution in [0.5, 0.6) is 0 Å². The summed E-state index contributed by atoms with van der Waals surface area (Å²) >= 11 is 13.9. The van der Waals surface area contributed by atoms with Crippen molar-refractivity contribution in [3.8, 4) is 0 Å². The van der Waals surface area contributed by atoms with Crippen molar-refractivity contribution < 1.29 is 4.39 Å². The molecule has 8 heteroatoms. The summed E-state index contributed by atoms with van der Waals surface area (Å²) in [5, 5.41) is 1.07. The number of aryl methyl sites for hydroxylation is 1. The Kier molecular flexibility index (Phi) is 4.66. The summed E-state index contributed by atoms with van der Waals surface area (Å²) < 4.78 is 20.6. The van der Waals surface area contributed by atoms with E-state index in [-0.39, 0.29) is 11.7 Å². The molecular formula is C10H8Cl2FN3S2. The topological polar surface area (TPSA) is 37.8 Å². The minimum absolute atomic E-state index is 0.184. The van der Waals surface area contributed by atoms with Crippen molar-refractivity contribution in [2.45, 2.75) is 17.7 Å². The van der Waals surface area contributed by atoms with Crippen LogP contribution in [0.3, 0.4) is 0 Å². The first-order valence-electron chi connectivity index (χ1n) is 4.87. The molecule has 1 aromatic heterocycles. The molecule has 0 amide bonds. The Labute approximate surface area is 122 Å². The second-order valence-corrected chi connectivity index (χ2v) is 5.63. The largest absolute Gasteiger partial charge is 0.300 e. The molecule has 0 saturated carbocycles. The van der Waals surface area contributed by atoms with Gasteiger partial charge in [0.05, 0.1) is 4.90 Å². The summed E-state index contributed by atoms with van der Waals surface area (Å²) in [6, 6.07) is 2.88. The van der Waals surface area contributed by atoms with Crippen LogP contribution in [-0.4, -0.2) is 9.36 Å². The van der Waals surface area contributed by atoms with Gasteiger partial charge in [-0.15, -0.1) is 11.6 Å². The molecule has 1 aromatic carbocycles. The molecule has 0 unspecified atom stereocenters. The molecule has 0 radical (unpaired) electrons. The van der Waals surface area contributed by atoms with Gasteiger partial charge in [-0.3, -0.25) is 0 Å². The van der Waals surface area contributed by atoms with Crippen molar-refractivity contribution in [2.24, 2.45) is 0 Å². The Hall–Kier alpha value is -0.560. The average molecular weight is 324 g/mol. The lowest BCUT2D eigenvalue weighted by Crippen LogP contribution is -1.91. The highest BCUT2D eigenvalue weighted by atomic mass is 35.5. The van der Waals surface area contributed by atoms with Crippen LogP contribution in [-0.2, 0) is 5.88 Å². The fourth-order valence-corrected chi connectivity index (χ4v) is 3.05. The predicted octanol–water partition coefficient (Wildman–Crippen LogP) is 4.50. The summed E-state index contributed by atoms with van der Waals surface area (Å²) in [6.45, 7) is 1.79. The number of hydrogen-bond acceptors (Lipinski definition) is 5. The van der Waals surface area contributed by atoms with E-state index in [4.69, 9.17) is 23.2 Å². The van der Waals surface area contributed by atoms with Gasteiger partial charge in [0, 0.05) is 22.4 Å². The fraction of sp³-hybridized carbons (Fsp3) is 0.200. The molecule has 2 rings (SSSR count). The monoisotopic (exact) mass is 323 g/mol. The molecule has 0 saturated heterocycles. The molecule has 0 aliphatic carbocycles. The van der Waals surface area contributed by atoms with Gasteiger partial charge in [0.2, 0.25) is 5.13 Å². The number of benzene rings is 1. The number of rotatable bonds is 4. The van der Waals surface area contributed by atoms with Crippen molar-refractivity contribution in [3.05, 3.63) is 34.4 Å². The van der Waals surface area contributed by atoms with E-state index in [0.717, 1.165) is 11.9 Å². The number of aromatic nitrogens is 2. The van der Waals surface area contributed by atoms with Gasteiger partial charge in [0.1, 0.15) is 11.6 Å². The smallest absolute Gasteiger partial charge is 0.212 e. The SMILES string of the molecule is Cc1nsc(NSc2cc(Cl)c(CCl)cc2F)n1. The maximum absolute atomic E-state index is 13.7. The summed E-state index contributed by atoms with van der Waals surface area (Å²) in [5.74, 6) is 0.497. The normalized spacial score (nSPS) is 10.7. The van der Waals surface area contributed by atoms with E-state index in [0.29, 0.717) is 26.4 Å². The van der Waals surface area contributed by atoms with Crippen LogP contribution in [0.4, 0.5) is 9.52 Å². The van der Waals surface area contributed by atoms with E-state index in [1.54, 1.807) is 13.0 Å². The third-order valence-corrected chi connectivity index (χ3v) is 4.34. The lowest BCUT2D eigenvalue weighted by molar-refractivity contribution is 0.600. The molecule has 3 nitrogen and oxygen atoms in total. The van der Waals surface area contributed by atoms with Crippen LogP contribution in [0.1, 0.15) is 11.4 Å². The van der Waals surface area contributed by atoms with Gasteiger partial charge in [-0.1, -0.05) is 11.6 Å². The van der Waals surface area contributed by atoms with Crippen molar-refractivity contribution in [3.63, 3.8) is 0 Å². The van der Waals surface area contributed by atoms with E-state index in [1.807, 2.05) is 0 Å². The average Bonchev–Trinajstić information content (AvgIpc) is 2.75. The zero-order valence-corrected chi connectivity index (χ0v) is 12.4. The molecule has 0 aliphatic rings. The Morgan fingerprint density at radius 2 is 2.28 bits per heavy atom. The number of nitrogens with zero attached hydrogens (tertiary/aromatic N) is 2. The minimum Gasteiger partial charge on any atom is -0.300 e. The molecule has 0 atom stereocenters. The van der Waals surface area contributed by atoms with Crippen molar-refractivity contribution in [2.75, 3.05) is 4.72 Å². The third-order valence-electron chi connectivity index (χ3n) is 2.02. The highest BCUT2D eigenvalue weighted by Crippen LogP contribution is 2.30. The highest BCUT2D eigenvalue weighted by molar-refractivity contribution is 8.00. The first kappa shape index (κ1) is 13.9. The summed E-state index contributed by atoms with van der Waals surface area (Å²) in [6.07, 6.45) is 0. The van der Waals surface area contributed by atoms with Gasteiger partial charge < -0.3 is 4.72 Å². The number of alkyl halides is 1. The van der Waals surface area contributed by atoms with Crippen LogP contribution in [0.2, 0.25) is 5.02 Å². The Bertz CT molecular complexity index is 562. The third kappa shape index (κ3) is 3.26. The summed E-state index contributed by atoms with van der Waals surface area (Å²) in [5.41, 5.74) is 0.576. The first-order valence-corrected chi connectivity index (χ1v) is 7.37. The Morgan fingerprint density at radius 1 is 1.50 bits per heavy atom. The quantitative estimate of drug-likeness (QED) is 0.664. The van der Waals surface area contributed by atoms with Crippen LogP contribution >= 0.6 is 46.7 Å². The summed E-state index contributed by atoms with van der Waals surface area (Å²) in [7, 11) is 0. The van der Waals surface area contributed by atoms with Crippen molar-refractivity contribution >= 4 is 51.8 Å². The van der Waals surface area contributed by atoms with Gasteiger partial charge in [0.25, 0.3) is 0 Å². The molecule has 1 N–H and O–H groups in total. The zero-order chi connectivity index (χ0) is 13.1. The molecule has 1 heterocycles. The van der Waals surface area contributed by atoms with Crippen LogP contribution in [0, 0.1) is 12.7 Å². The minimum atomic E-state index is -0.367. The molecule has 0 bridgehead atoms. The summed E-state index contributed by atoms with van der Waals surface area (Å²) in [4.78, 5) is 4.50. The molecule has 18 heavy (non-hydrogen) atoms. The Balaban J connectivity index is 2.12. The van der Waals surface area contributed by atoms with Gasteiger partial charge in [-0.05, 0) is 36.6 Å². The number of anilines is 1. The zero-order valence-electron chi connectivity index (χ0n) is 9.21. The highest BCUT2D eigenvalue weighted by Gasteiger charge is 2.10. The van der Waals surface area contributed by atoms with Crippen LogP contribution < -0.4 is 4.72 Å². The van der Waals surface area contributed by atoms with Gasteiger partial charge in [-0.2, -0.15) is 4.37 Å². The second-order valence-electron chi connectivity index (χ2n) is 3.36. The number of halogens is 3. The van der Waals surface area contributed by atoms with E-state index in [9.17, 15) is 4.39 Å². The molecule has 96 valence electrons. The standard InChI is InChI=1S/C10H8Cl2FN3S2/c1-5-14-10(18-15-5)16-17-9-3-7(12)6(4-11)2-8(9)13/h2-3H,4H2,1H3,(H,14,15,16). The van der Waals surface area contributed by atoms with E-state index < -0.39 is 0 Å².